The van der Waals surface area contributed by atoms with Crippen LogP contribution in [0.15, 0.2) is 59.2 Å². The molecule has 0 aliphatic heterocycles. The van der Waals surface area contributed by atoms with Gasteiger partial charge >= 0.3 is 0 Å². The standard InChI is InChI=1S/C17H19N3O3S/c1-4-10-20(11-5-2)15(21)12-24-17-19-18-16(23-17)13-8-6-7-9-14(13)22-3/h4-9H,1-2,10-12H2,3H3. The van der Waals surface area contributed by atoms with Crippen LogP contribution in [0.1, 0.15) is 0 Å². The summed E-state index contributed by atoms with van der Waals surface area (Å²) in [6.07, 6.45) is 3.36. The van der Waals surface area contributed by atoms with Crippen molar-refractivity contribution in [2.45, 2.75) is 5.22 Å². The highest BCUT2D eigenvalue weighted by Gasteiger charge is 2.16. The minimum Gasteiger partial charge on any atom is -0.496 e. The van der Waals surface area contributed by atoms with Crippen molar-refractivity contribution in [1.82, 2.24) is 15.1 Å². The monoisotopic (exact) mass is 345 g/mol. The minimum absolute atomic E-state index is 0.0446. The predicted octanol–water partition coefficient (Wildman–Crippen LogP) is 3.04. The number of para-hydroxylation sites is 1. The molecule has 0 fully saturated rings. The molecule has 6 nitrogen and oxygen atoms in total. The van der Waals surface area contributed by atoms with Gasteiger partial charge in [0.05, 0.1) is 18.4 Å². The second-order valence-corrected chi connectivity index (χ2v) is 5.66. The van der Waals surface area contributed by atoms with Crippen molar-refractivity contribution >= 4 is 17.7 Å². The Kier molecular flexibility index (Phi) is 6.62. The fourth-order valence-electron chi connectivity index (χ4n) is 2.00. The van der Waals surface area contributed by atoms with Gasteiger partial charge in [-0.05, 0) is 12.1 Å². The lowest BCUT2D eigenvalue weighted by Crippen LogP contribution is -2.32. The molecule has 1 heterocycles. The minimum atomic E-state index is -0.0446. The Bertz CT molecular complexity index is 705. The summed E-state index contributed by atoms with van der Waals surface area (Å²) in [6, 6.07) is 7.38. The summed E-state index contributed by atoms with van der Waals surface area (Å²) in [7, 11) is 1.58. The summed E-state index contributed by atoms with van der Waals surface area (Å²) in [5.74, 6) is 1.17. The van der Waals surface area contributed by atoms with Gasteiger partial charge in [0, 0.05) is 13.1 Å². The largest absolute Gasteiger partial charge is 0.496 e. The SMILES string of the molecule is C=CCN(CC=C)C(=O)CSc1nnc(-c2ccccc2OC)o1. The molecule has 2 rings (SSSR count). The van der Waals surface area contributed by atoms with E-state index >= 15 is 0 Å². The Hall–Kier alpha value is -2.54. The van der Waals surface area contributed by atoms with E-state index in [1.807, 2.05) is 24.3 Å². The van der Waals surface area contributed by atoms with Gasteiger partial charge in [-0.25, -0.2) is 0 Å². The number of thioether (sulfide) groups is 1. The third-order valence-corrected chi connectivity index (χ3v) is 3.92. The van der Waals surface area contributed by atoms with Crippen LogP contribution < -0.4 is 4.74 Å². The molecule has 0 aliphatic rings. The third kappa shape index (κ3) is 4.48. The Morgan fingerprint density at radius 2 is 2.00 bits per heavy atom. The highest BCUT2D eigenvalue weighted by molar-refractivity contribution is 7.99. The smallest absolute Gasteiger partial charge is 0.277 e. The molecule has 0 atom stereocenters. The molecule has 1 aromatic heterocycles. The van der Waals surface area contributed by atoms with Gasteiger partial charge < -0.3 is 14.1 Å². The Morgan fingerprint density at radius 3 is 2.67 bits per heavy atom. The van der Waals surface area contributed by atoms with Crippen LogP contribution in [0.4, 0.5) is 0 Å². The van der Waals surface area contributed by atoms with Crippen molar-refractivity contribution in [3.63, 3.8) is 0 Å². The maximum absolute atomic E-state index is 12.2. The van der Waals surface area contributed by atoms with E-state index in [1.54, 1.807) is 24.2 Å². The van der Waals surface area contributed by atoms with Crippen LogP contribution in [0, 0.1) is 0 Å². The summed E-state index contributed by atoms with van der Waals surface area (Å²) >= 11 is 1.20. The zero-order valence-electron chi connectivity index (χ0n) is 13.5. The molecular formula is C17H19N3O3S. The van der Waals surface area contributed by atoms with Gasteiger partial charge in [-0.2, -0.15) is 0 Å². The van der Waals surface area contributed by atoms with Crippen LogP contribution in [0.3, 0.4) is 0 Å². The first-order valence-electron chi connectivity index (χ1n) is 7.28. The van der Waals surface area contributed by atoms with E-state index in [0.29, 0.717) is 35.5 Å². The van der Waals surface area contributed by atoms with Crippen LogP contribution in [0.2, 0.25) is 0 Å². The second-order valence-electron chi connectivity index (χ2n) is 4.74. The molecule has 0 unspecified atom stereocenters. The summed E-state index contributed by atoms with van der Waals surface area (Å²) in [4.78, 5) is 13.8. The number of hydrogen-bond donors (Lipinski definition) is 0. The van der Waals surface area contributed by atoms with E-state index in [2.05, 4.69) is 23.4 Å². The zero-order chi connectivity index (χ0) is 17.4. The molecule has 2 aromatic rings. The topological polar surface area (TPSA) is 68.5 Å². The van der Waals surface area contributed by atoms with E-state index in [0.717, 1.165) is 0 Å². The molecule has 0 aliphatic carbocycles. The first kappa shape index (κ1) is 17.8. The average Bonchev–Trinajstić information content (AvgIpc) is 3.08. The van der Waals surface area contributed by atoms with E-state index in [4.69, 9.17) is 9.15 Å². The summed E-state index contributed by atoms with van der Waals surface area (Å²) < 4.78 is 10.9. The molecule has 1 aromatic carbocycles. The number of ether oxygens (including phenoxy) is 1. The number of aromatic nitrogens is 2. The fourth-order valence-corrected chi connectivity index (χ4v) is 2.67. The van der Waals surface area contributed by atoms with Crippen LogP contribution in [-0.2, 0) is 4.79 Å². The van der Waals surface area contributed by atoms with Crippen molar-refractivity contribution in [2.24, 2.45) is 0 Å². The molecule has 0 bridgehead atoms. The molecule has 0 spiro atoms. The number of amides is 1. The number of nitrogens with zero attached hydrogens (tertiary/aromatic N) is 3. The van der Waals surface area contributed by atoms with Crippen LogP contribution in [0.5, 0.6) is 5.75 Å². The highest BCUT2D eigenvalue weighted by Crippen LogP contribution is 2.30. The van der Waals surface area contributed by atoms with E-state index in [1.165, 1.54) is 11.8 Å². The lowest BCUT2D eigenvalue weighted by atomic mass is 10.2. The number of benzene rings is 1. The van der Waals surface area contributed by atoms with Gasteiger partial charge in [0.2, 0.25) is 5.91 Å². The first-order valence-corrected chi connectivity index (χ1v) is 8.27. The van der Waals surface area contributed by atoms with Gasteiger partial charge in [0.25, 0.3) is 11.1 Å². The van der Waals surface area contributed by atoms with E-state index < -0.39 is 0 Å². The maximum atomic E-state index is 12.2. The Balaban J connectivity index is 2.02. The lowest BCUT2D eigenvalue weighted by molar-refractivity contribution is -0.127. The van der Waals surface area contributed by atoms with Crippen molar-refractivity contribution in [3.05, 3.63) is 49.6 Å². The second kappa shape index (κ2) is 8.93. The normalized spacial score (nSPS) is 10.2. The van der Waals surface area contributed by atoms with Crippen molar-refractivity contribution < 1.29 is 13.9 Å². The maximum Gasteiger partial charge on any atom is 0.277 e. The fraction of sp³-hybridized carbons (Fsp3) is 0.235. The Labute approximate surface area is 145 Å². The Morgan fingerprint density at radius 1 is 1.29 bits per heavy atom. The molecule has 0 radical (unpaired) electrons. The number of rotatable bonds is 9. The predicted molar refractivity (Wildman–Crippen MR) is 94.0 cm³/mol. The first-order chi connectivity index (χ1) is 11.7. The van der Waals surface area contributed by atoms with Gasteiger partial charge in [0.15, 0.2) is 0 Å². The van der Waals surface area contributed by atoms with Crippen molar-refractivity contribution in [1.29, 1.82) is 0 Å². The molecule has 0 saturated heterocycles. The summed E-state index contributed by atoms with van der Waals surface area (Å²) in [6.45, 7) is 8.25. The zero-order valence-corrected chi connectivity index (χ0v) is 14.3. The average molecular weight is 345 g/mol. The van der Waals surface area contributed by atoms with Gasteiger partial charge in [-0.3, -0.25) is 4.79 Å². The third-order valence-electron chi connectivity index (χ3n) is 3.11. The molecular weight excluding hydrogens is 326 g/mol. The highest BCUT2D eigenvalue weighted by atomic mass is 32.2. The van der Waals surface area contributed by atoms with E-state index in [-0.39, 0.29) is 11.7 Å². The quantitative estimate of drug-likeness (QED) is 0.514. The van der Waals surface area contributed by atoms with Gasteiger partial charge in [0.1, 0.15) is 5.75 Å². The van der Waals surface area contributed by atoms with Gasteiger partial charge in [-0.1, -0.05) is 36.0 Å². The molecule has 126 valence electrons. The number of methoxy groups -OCH3 is 1. The molecule has 7 heteroatoms. The van der Waals surface area contributed by atoms with Crippen molar-refractivity contribution in [3.8, 4) is 17.2 Å². The number of hydrogen-bond acceptors (Lipinski definition) is 6. The molecule has 1 amide bonds. The van der Waals surface area contributed by atoms with E-state index in [9.17, 15) is 4.79 Å². The molecule has 0 saturated carbocycles. The van der Waals surface area contributed by atoms with Crippen LogP contribution in [0.25, 0.3) is 11.5 Å². The van der Waals surface area contributed by atoms with Crippen LogP contribution >= 0.6 is 11.8 Å². The van der Waals surface area contributed by atoms with Gasteiger partial charge in [-0.15, -0.1) is 23.4 Å². The summed E-state index contributed by atoms with van der Waals surface area (Å²) in [5, 5.41) is 8.32. The van der Waals surface area contributed by atoms with Crippen LogP contribution in [-0.4, -0.2) is 47.0 Å². The number of carbonyl (C=O) groups is 1. The summed E-state index contributed by atoms with van der Waals surface area (Å²) in [5.41, 5.74) is 0.714. The lowest BCUT2D eigenvalue weighted by Gasteiger charge is -2.18. The molecule has 24 heavy (non-hydrogen) atoms. The van der Waals surface area contributed by atoms with Crippen molar-refractivity contribution in [2.75, 3.05) is 26.0 Å². The molecule has 0 N–H and O–H groups in total. The number of carbonyl (C=O) groups excluding carboxylic acids is 1.